The first-order valence-electron chi connectivity index (χ1n) is 9.26. The van der Waals surface area contributed by atoms with Crippen molar-refractivity contribution >= 4 is 28.2 Å². The third kappa shape index (κ3) is 2.71. The van der Waals surface area contributed by atoms with Crippen LogP contribution < -0.4 is 5.43 Å². The van der Waals surface area contributed by atoms with Crippen LogP contribution in [0.15, 0.2) is 35.3 Å². The number of hydrogen-bond acceptors (Lipinski definition) is 4. The van der Waals surface area contributed by atoms with E-state index in [1.807, 2.05) is 16.7 Å². The second-order valence-corrected chi connectivity index (χ2v) is 8.54. The van der Waals surface area contributed by atoms with Gasteiger partial charge in [0.05, 0.1) is 11.6 Å². The molecule has 0 saturated heterocycles. The van der Waals surface area contributed by atoms with Crippen molar-refractivity contribution in [2.24, 2.45) is 0 Å². The fourth-order valence-electron chi connectivity index (χ4n) is 3.99. The molecule has 3 aromatic rings. The minimum atomic E-state index is -1.18. The van der Waals surface area contributed by atoms with Crippen molar-refractivity contribution < 1.29 is 15.0 Å². The Labute approximate surface area is 159 Å². The molecule has 0 spiro atoms. The molecule has 1 aromatic carbocycles. The lowest BCUT2D eigenvalue weighted by Crippen LogP contribution is -2.18. The Kier molecular flexibility index (Phi) is 3.74. The number of fused-ring (bicyclic) bond motifs is 2. The third-order valence-electron chi connectivity index (χ3n) is 5.56. The van der Waals surface area contributed by atoms with Crippen LogP contribution in [-0.4, -0.2) is 20.7 Å². The average molecular weight is 381 g/mol. The largest absolute Gasteiger partial charge is 0.477 e. The molecular weight excluding hydrogens is 362 g/mol. The van der Waals surface area contributed by atoms with Gasteiger partial charge in [0.25, 0.3) is 0 Å². The second-order valence-electron chi connectivity index (χ2n) is 7.46. The normalized spacial score (nSPS) is 19.2. The van der Waals surface area contributed by atoms with Crippen molar-refractivity contribution in [3.05, 3.63) is 56.7 Å². The molecule has 138 valence electrons. The number of aromatic carboxylic acids is 1. The summed E-state index contributed by atoms with van der Waals surface area (Å²) in [6.07, 6.45) is 5.92. The van der Waals surface area contributed by atoms with Gasteiger partial charge in [0.2, 0.25) is 5.43 Å². The van der Waals surface area contributed by atoms with Gasteiger partial charge in [-0.2, -0.15) is 0 Å². The van der Waals surface area contributed by atoms with Crippen molar-refractivity contribution in [1.82, 2.24) is 4.57 Å². The highest BCUT2D eigenvalue weighted by Gasteiger charge is 2.27. The SMILES string of the molecule is O=C(O)c1cn(C2CC2)c2cc(-c3cc4c(s3)C(O)CCC4)ccc2c1=O. The number of aromatic nitrogens is 1. The van der Waals surface area contributed by atoms with Crippen molar-refractivity contribution in [3.63, 3.8) is 0 Å². The number of aryl methyl sites for hydroxylation is 1. The minimum Gasteiger partial charge on any atom is -0.477 e. The molecule has 1 atom stereocenters. The summed E-state index contributed by atoms with van der Waals surface area (Å²) >= 11 is 1.62. The molecule has 0 radical (unpaired) electrons. The lowest BCUT2D eigenvalue weighted by molar-refractivity contribution is 0.0695. The van der Waals surface area contributed by atoms with E-state index >= 15 is 0 Å². The maximum Gasteiger partial charge on any atom is 0.341 e. The lowest BCUT2D eigenvalue weighted by atomic mass is 9.96. The summed E-state index contributed by atoms with van der Waals surface area (Å²) in [5.41, 5.74) is 2.41. The third-order valence-corrected chi connectivity index (χ3v) is 6.88. The summed E-state index contributed by atoms with van der Waals surface area (Å²) in [5, 5.41) is 20.1. The number of rotatable bonds is 3. The molecule has 2 heterocycles. The van der Waals surface area contributed by atoms with E-state index in [2.05, 4.69) is 6.07 Å². The number of benzene rings is 1. The maximum absolute atomic E-state index is 12.6. The Hall–Kier alpha value is -2.44. The quantitative estimate of drug-likeness (QED) is 0.715. The number of carbonyl (C=O) groups is 1. The molecule has 1 unspecified atom stereocenters. The Morgan fingerprint density at radius 2 is 2.00 bits per heavy atom. The molecule has 5 nitrogen and oxygen atoms in total. The predicted octanol–water partition coefficient (Wildman–Crippen LogP) is 4.13. The number of aliphatic hydroxyl groups excluding tert-OH is 1. The number of thiophene rings is 1. The zero-order valence-corrected chi connectivity index (χ0v) is 15.5. The summed E-state index contributed by atoms with van der Waals surface area (Å²) in [4.78, 5) is 26.2. The van der Waals surface area contributed by atoms with Gasteiger partial charge < -0.3 is 14.8 Å². The molecule has 2 aliphatic rings. The first-order valence-corrected chi connectivity index (χ1v) is 10.1. The maximum atomic E-state index is 12.6. The summed E-state index contributed by atoms with van der Waals surface area (Å²) in [7, 11) is 0. The zero-order chi connectivity index (χ0) is 18.7. The molecule has 1 fully saturated rings. The number of nitrogens with zero attached hydrogens (tertiary/aromatic N) is 1. The highest BCUT2D eigenvalue weighted by Crippen LogP contribution is 2.42. The van der Waals surface area contributed by atoms with Gasteiger partial charge in [-0.25, -0.2) is 4.79 Å². The van der Waals surface area contributed by atoms with E-state index in [4.69, 9.17) is 0 Å². The van der Waals surface area contributed by atoms with Crippen LogP contribution >= 0.6 is 11.3 Å². The Morgan fingerprint density at radius 3 is 2.70 bits per heavy atom. The van der Waals surface area contributed by atoms with Crippen LogP contribution in [0.2, 0.25) is 0 Å². The van der Waals surface area contributed by atoms with Gasteiger partial charge >= 0.3 is 5.97 Å². The molecule has 0 aliphatic heterocycles. The molecule has 6 heteroatoms. The number of carboxylic acids is 1. The van der Waals surface area contributed by atoms with Gasteiger partial charge in [-0.3, -0.25) is 4.79 Å². The number of pyridine rings is 1. The molecule has 0 amide bonds. The van der Waals surface area contributed by atoms with Gasteiger partial charge in [-0.15, -0.1) is 11.3 Å². The van der Waals surface area contributed by atoms with Crippen molar-refractivity contribution in [3.8, 4) is 10.4 Å². The van der Waals surface area contributed by atoms with Gasteiger partial charge in [0.15, 0.2) is 0 Å². The molecular formula is C21H19NO4S. The van der Waals surface area contributed by atoms with Crippen LogP contribution in [0, 0.1) is 0 Å². The Balaban J connectivity index is 1.70. The number of hydrogen-bond donors (Lipinski definition) is 2. The summed E-state index contributed by atoms with van der Waals surface area (Å²) < 4.78 is 1.95. The molecule has 1 saturated carbocycles. The van der Waals surface area contributed by atoms with E-state index in [1.165, 1.54) is 11.8 Å². The van der Waals surface area contributed by atoms with E-state index in [0.717, 1.165) is 52.9 Å². The van der Waals surface area contributed by atoms with Gasteiger partial charge in [0.1, 0.15) is 5.56 Å². The highest BCUT2D eigenvalue weighted by atomic mass is 32.1. The first-order chi connectivity index (χ1) is 13.0. The summed E-state index contributed by atoms with van der Waals surface area (Å²) in [5.74, 6) is -1.18. The van der Waals surface area contributed by atoms with E-state index in [9.17, 15) is 19.8 Å². The molecule has 2 N–H and O–H groups in total. The summed E-state index contributed by atoms with van der Waals surface area (Å²) in [6.45, 7) is 0. The van der Waals surface area contributed by atoms with Crippen LogP contribution in [0.25, 0.3) is 21.3 Å². The van der Waals surface area contributed by atoms with E-state index < -0.39 is 11.4 Å². The zero-order valence-electron chi connectivity index (χ0n) is 14.6. The minimum absolute atomic E-state index is 0.170. The second kappa shape index (κ2) is 6.04. The van der Waals surface area contributed by atoms with E-state index in [1.54, 1.807) is 17.4 Å². The standard InChI is InChI=1S/C21H19NO4S/c23-17-3-1-2-12-9-18(27-20(12)17)11-4-7-14-16(8-11)22(13-5-6-13)10-15(19(14)24)21(25)26/h4,7-10,13,17,23H,1-3,5-6H2,(H,25,26). The Bertz CT molecular complexity index is 1140. The lowest BCUT2D eigenvalue weighted by Gasteiger charge is -2.16. The predicted molar refractivity (Wildman–Crippen MR) is 105 cm³/mol. The number of carboxylic acid groups (broad SMARTS) is 1. The van der Waals surface area contributed by atoms with Crippen LogP contribution in [0.3, 0.4) is 0 Å². The van der Waals surface area contributed by atoms with Crippen molar-refractivity contribution in [1.29, 1.82) is 0 Å². The van der Waals surface area contributed by atoms with Gasteiger partial charge in [-0.05, 0) is 61.4 Å². The van der Waals surface area contributed by atoms with Gasteiger partial charge in [0, 0.05) is 27.4 Å². The van der Waals surface area contributed by atoms with Crippen LogP contribution in [0.5, 0.6) is 0 Å². The fraction of sp³-hybridized carbons (Fsp3) is 0.333. The van der Waals surface area contributed by atoms with Crippen molar-refractivity contribution in [2.75, 3.05) is 0 Å². The van der Waals surface area contributed by atoms with Crippen LogP contribution in [-0.2, 0) is 6.42 Å². The molecule has 5 rings (SSSR count). The first kappa shape index (κ1) is 16.7. The molecule has 2 aliphatic carbocycles. The summed E-state index contributed by atoms with van der Waals surface area (Å²) in [6, 6.07) is 8.03. The smallest absolute Gasteiger partial charge is 0.341 e. The van der Waals surface area contributed by atoms with E-state index in [-0.39, 0.29) is 17.7 Å². The molecule has 2 aromatic heterocycles. The molecule has 27 heavy (non-hydrogen) atoms. The van der Waals surface area contributed by atoms with Gasteiger partial charge in [-0.1, -0.05) is 6.07 Å². The number of aliphatic hydroxyl groups is 1. The van der Waals surface area contributed by atoms with Crippen LogP contribution in [0.4, 0.5) is 0 Å². The fourth-order valence-corrected chi connectivity index (χ4v) is 5.22. The topological polar surface area (TPSA) is 79.5 Å². The highest BCUT2D eigenvalue weighted by molar-refractivity contribution is 7.15. The molecule has 0 bridgehead atoms. The van der Waals surface area contributed by atoms with Crippen LogP contribution in [0.1, 0.15) is 58.6 Å². The van der Waals surface area contributed by atoms with Crippen molar-refractivity contribution in [2.45, 2.75) is 44.2 Å². The Morgan fingerprint density at radius 1 is 1.19 bits per heavy atom. The average Bonchev–Trinajstić information content (AvgIpc) is 3.39. The monoisotopic (exact) mass is 381 g/mol. The van der Waals surface area contributed by atoms with E-state index in [0.29, 0.717) is 5.39 Å².